The van der Waals surface area contributed by atoms with Gasteiger partial charge in [-0.3, -0.25) is 9.69 Å². The highest BCUT2D eigenvalue weighted by Gasteiger charge is 2.22. The maximum Gasteiger partial charge on any atom is 0.241 e. The number of hydrogen-bond donors (Lipinski definition) is 2. The van der Waals surface area contributed by atoms with Gasteiger partial charge in [0.15, 0.2) is 0 Å². The van der Waals surface area contributed by atoms with Crippen molar-refractivity contribution in [2.24, 2.45) is 0 Å². The third-order valence-electron chi connectivity index (χ3n) is 3.66. The Morgan fingerprint density at radius 1 is 1.45 bits per heavy atom. The molecule has 4 nitrogen and oxygen atoms in total. The van der Waals surface area contributed by atoms with Gasteiger partial charge in [0.05, 0.1) is 17.4 Å². The molecule has 0 aromatic heterocycles. The molecule has 1 rings (SSSR count). The molecule has 0 fully saturated rings. The average molecular weight is 298 g/mol. The summed E-state index contributed by atoms with van der Waals surface area (Å²) in [6, 6.07) is 5.21. The number of hydrogen-bond acceptors (Lipinski definition) is 3. The molecule has 1 aromatic carbocycles. The minimum absolute atomic E-state index is 0.0653. The van der Waals surface area contributed by atoms with Gasteiger partial charge in [-0.1, -0.05) is 24.9 Å². The highest BCUT2D eigenvalue weighted by atomic mass is 35.5. The van der Waals surface area contributed by atoms with Crippen LogP contribution >= 0.6 is 11.6 Å². The molecule has 0 saturated heterocycles. The van der Waals surface area contributed by atoms with E-state index in [4.69, 9.17) is 17.3 Å². The van der Waals surface area contributed by atoms with Gasteiger partial charge in [-0.2, -0.15) is 0 Å². The van der Waals surface area contributed by atoms with E-state index in [1.165, 1.54) is 0 Å². The average Bonchev–Trinajstić information content (AvgIpc) is 2.40. The van der Waals surface area contributed by atoms with Crippen LogP contribution in [-0.4, -0.2) is 29.9 Å². The first-order valence-corrected chi connectivity index (χ1v) is 7.32. The minimum atomic E-state index is -0.216. The molecular weight excluding hydrogens is 274 g/mol. The maximum atomic E-state index is 12.3. The number of carbonyl (C=O) groups is 1. The second-order valence-electron chi connectivity index (χ2n) is 5.20. The Morgan fingerprint density at radius 3 is 2.65 bits per heavy atom. The van der Waals surface area contributed by atoms with Crippen LogP contribution in [0.1, 0.15) is 33.6 Å². The number of amides is 1. The summed E-state index contributed by atoms with van der Waals surface area (Å²) in [4.78, 5) is 14.3. The van der Waals surface area contributed by atoms with Crippen LogP contribution in [0.5, 0.6) is 0 Å². The largest absolute Gasteiger partial charge is 0.397 e. The van der Waals surface area contributed by atoms with E-state index in [-0.39, 0.29) is 11.9 Å². The maximum absolute atomic E-state index is 12.3. The molecule has 1 aromatic rings. The quantitative estimate of drug-likeness (QED) is 0.792. The van der Waals surface area contributed by atoms with Gasteiger partial charge in [-0.25, -0.2) is 0 Å². The molecule has 0 bridgehead atoms. The molecule has 0 heterocycles. The molecule has 112 valence electrons. The van der Waals surface area contributed by atoms with Crippen molar-refractivity contribution in [3.63, 3.8) is 0 Å². The van der Waals surface area contributed by atoms with Crippen molar-refractivity contribution in [3.05, 3.63) is 23.2 Å². The number of carbonyl (C=O) groups excluding carboxylic acids is 1. The fourth-order valence-corrected chi connectivity index (χ4v) is 2.25. The lowest BCUT2D eigenvalue weighted by atomic mass is 10.1. The predicted octanol–water partition coefficient (Wildman–Crippen LogP) is 3.37. The van der Waals surface area contributed by atoms with Crippen molar-refractivity contribution in [1.82, 2.24) is 4.90 Å². The number of likely N-dealkylation sites (N-methyl/N-ethyl adjacent to an activating group) is 1. The van der Waals surface area contributed by atoms with Crippen LogP contribution in [0.2, 0.25) is 5.02 Å². The van der Waals surface area contributed by atoms with E-state index in [0.29, 0.717) is 22.4 Å². The number of nitrogens with two attached hydrogens (primary N) is 1. The second-order valence-corrected chi connectivity index (χ2v) is 5.64. The zero-order valence-electron chi connectivity index (χ0n) is 12.6. The Labute approximate surface area is 126 Å². The van der Waals surface area contributed by atoms with Gasteiger partial charge in [0.2, 0.25) is 5.91 Å². The molecule has 2 unspecified atom stereocenters. The highest BCUT2D eigenvalue weighted by Crippen LogP contribution is 2.23. The Hall–Kier alpha value is -1.26. The fraction of sp³-hybridized carbons (Fsp3) is 0.533. The molecule has 0 spiro atoms. The molecule has 3 N–H and O–H groups in total. The van der Waals surface area contributed by atoms with Crippen molar-refractivity contribution < 1.29 is 4.79 Å². The number of nitrogens with one attached hydrogen (secondary N) is 1. The molecule has 2 atom stereocenters. The number of anilines is 2. The summed E-state index contributed by atoms with van der Waals surface area (Å²) in [5, 5.41) is 3.41. The third-order valence-corrected chi connectivity index (χ3v) is 3.90. The van der Waals surface area contributed by atoms with Crippen molar-refractivity contribution in [3.8, 4) is 0 Å². The smallest absolute Gasteiger partial charge is 0.241 e. The number of halogens is 1. The Bertz CT molecular complexity index is 464. The van der Waals surface area contributed by atoms with Crippen LogP contribution in [0.15, 0.2) is 18.2 Å². The molecule has 1 amide bonds. The van der Waals surface area contributed by atoms with Gasteiger partial charge < -0.3 is 11.1 Å². The lowest BCUT2D eigenvalue weighted by molar-refractivity contribution is -0.121. The van der Waals surface area contributed by atoms with Gasteiger partial charge in [-0.15, -0.1) is 0 Å². The van der Waals surface area contributed by atoms with Gasteiger partial charge in [0, 0.05) is 11.1 Å². The van der Waals surface area contributed by atoms with Crippen LogP contribution in [0, 0.1) is 0 Å². The summed E-state index contributed by atoms with van der Waals surface area (Å²) >= 11 is 5.84. The summed E-state index contributed by atoms with van der Waals surface area (Å²) < 4.78 is 0. The lowest BCUT2D eigenvalue weighted by Gasteiger charge is -2.29. The van der Waals surface area contributed by atoms with Crippen LogP contribution < -0.4 is 11.1 Å². The van der Waals surface area contributed by atoms with E-state index in [1.807, 2.05) is 14.0 Å². The van der Waals surface area contributed by atoms with Crippen molar-refractivity contribution in [2.45, 2.75) is 45.7 Å². The summed E-state index contributed by atoms with van der Waals surface area (Å²) in [5.41, 5.74) is 6.91. The summed E-state index contributed by atoms with van der Waals surface area (Å²) in [7, 11) is 1.97. The molecule has 20 heavy (non-hydrogen) atoms. The molecule has 5 heteroatoms. The molecule has 0 aliphatic heterocycles. The normalized spacial score (nSPS) is 14.1. The van der Waals surface area contributed by atoms with E-state index < -0.39 is 0 Å². The number of nitrogens with zero attached hydrogens (tertiary/aromatic N) is 1. The molecule has 0 aliphatic carbocycles. The first-order chi connectivity index (χ1) is 9.36. The first kappa shape index (κ1) is 16.8. The van der Waals surface area contributed by atoms with Crippen molar-refractivity contribution >= 4 is 28.9 Å². The molecule has 0 aliphatic rings. The zero-order valence-corrected chi connectivity index (χ0v) is 13.4. The van der Waals surface area contributed by atoms with E-state index in [0.717, 1.165) is 12.8 Å². The summed E-state index contributed by atoms with van der Waals surface area (Å²) in [6.07, 6.45) is 2.17. The topological polar surface area (TPSA) is 58.4 Å². The number of nitrogen functional groups attached to an aromatic ring is 1. The van der Waals surface area contributed by atoms with Crippen LogP contribution in [0.3, 0.4) is 0 Å². The monoisotopic (exact) mass is 297 g/mol. The number of benzene rings is 1. The Morgan fingerprint density at radius 2 is 2.10 bits per heavy atom. The standard InChI is InChI=1S/C15H24ClN3O/c1-5-6-10(2)19(4)11(3)15(20)18-14-8-7-12(16)9-13(14)17/h7-11H,5-6,17H2,1-4H3,(H,18,20). The van der Waals surface area contributed by atoms with Crippen molar-refractivity contribution in [2.75, 3.05) is 18.1 Å². The highest BCUT2D eigenvalue weighted by molar-refractivity contribution is 6.31. The molecule has 0 saturated carbocycles. The summed E-state index contributed by atoms with van der Waals surface area (Å²) in [5.74, 6) is -0.0653. The van der Waals surface area contributed by atoms with Crippen molar-refractivity contribution in [1.29, 1.82) is 0 Å². The van der Waals surface area contributed by atoms with Crippen LogP contribution in [-0.2, 0) is 4.79 Å². The Kier molecular flexibility index (Phi) is 6.30. The van der Waals surface area contributed by atoms with Crippen LogP contribution in [0.4, 0.5) is 11.4 Å². The predicted molar refractivity (Wildman–Crippen MR) is 86.1 cm³/mol. The van der Waals surface area contributed by atoms with E-state index >= 15 is 0 Å². The SMILES string of the molecule is CCCC(C)N(C)C(C)C(=O)Nc1ccc(Cl)cc1N. The van der Waals surface area contributed by atoms with Gasteiger partial charge in [0.25, 0.3) is 0 Å². The van der Waals surface area contributed by atoms with E-state index in [1.54, 1.807) is 18.2 Å². The lowest BCUT2D eigenvalue weighted by Crippen LogP contribution is -2.44. The fourth-order valence-electron chi connectivity index (χ4n) is 2.07. The third kappa shape index (κ3) is 4.39. The summed E-state index contributed by atoms with van der Waals surface area (Å²) in [6.45, 7) is 6.17. The minimum Gasteiger partial charge on any atom is -0.397 e. The number of rotatable bonds is 6. The zero-order chi connectivity index (χ0) is 15.3. The van der Waals surface area contributed by atoms with Gasteiger partial charge in [-0.05, 0) is 45.5 Å². The molecular formula is C15H24ClN3O. The Balaban J connectivity index is 2.70. The first-order valence-electron chi connectivity index (χ1n) is 6.94. The second kappa shape index (κ2) is 7.50. The van der Waals surface area contributed by atoms with Gasteiger partial charge >= 0.3 is 0 Å². The van der Waals surface area contributed by atoms with Gasteiger partial charge in [0.1, 0.15) is 0 Å². The van der Waals surface area contributed by atoms with E-state index in [9.17, 15) is 4.79 Å². The molecule has 0 radical (unpaired) electrons. The van der Waals surface area contributed by atoms with Crippen LogP contribution in [0.25, 0.3) is 0 Å². The van der Waals surface area contributed by atoms with E-state index in [2.05, 4.69) is 24.1 Å².